The number of ether oxygens (including phenoxy) is 1. The van der Waals surface area contributed by atoms with Crippen molar-refractivity contribution in [3.63, 3.8) is 0 Å². The highest BCUT2D eigenvalue weighted by atomic mass is 16.5. The van der Waals surface area contributed by atoms with Crippen molar-refractivity contribution < 1.29 is 9.15 Å². The predicted molar refractivity (Wildman–Crippen MR) is 111 cm³/mol. The Hall–Kier alpha value is -4.37. The average Bonchev–Trinajstić information content (AvgIpc) is 3.19. The number of nitrogens with one attached hydrogen (secondary N) is 1. The third kappa shape index (κ3) is 4.49. The molecule has 3 aromatic carbocycles. The van der Waals surface area contributed by atoms with E-state index >= 15 is 0 Å². The molecule has 140 valence electrons. The molecule has 6 nitrogen and oxygen atoms in total. The molecule has 0 radical (unpaired) electrons. The molecule has 0 aliphatic rings. The zero-order valence-electron chi connectivity index (χ0n) is 15.3. The van der Waals surface area contributed by atoms with Crippen molar-refractivity contribution >= 4 is 12.1 Å². The Bertz CT molecular complexity index is 1160. The maximum Gasteiger partial charge on any atom is 0.252 e. The molecular formula is C23H16N4O2. The molecule has 0 amide bonds. The second kappa shape index (κ2) is 8.55. The summed E-state index contributed by atoms with van der Waals surface area (Å²) in [6.07, 6.45) is 1.61. The number of benzene rings is 3. The smallest absolute Gasteiger partial charge is 0.252 e. The van der Waals surface area contributed by atoms with E-state index in [0.29, 0.717) is 11.6 Å². The number of anilines is 1. The number of nitriles is 1. The molecule has 0 aliphatic carbocycles. The van der Waals surface area contributed by atoms with Gasteiger partial charge in [-0.1, -0.05) is 48.5 Å². The van der Waals surface area contributed by atoms with Crippen LogP contribution in [0.1, 0.15) is 11.3 Å². The lowest BCUT2D eigenvalue weighted by molar-refractivity contribution is 0.482. The molecule has 0 unspecified atom stereocenters. The molecule has 0 saturated heterocycles. The van der Waals surface area contributed by atoms with Gasteiger partial charge in [0, 0.05) is 5.56 Å². The van der Waals surface area contributed by atoms with Crippen molar-refractivity contribution in [1.82, 2.24) is 4.98 Å². The number of oxazole rings is 1. The molecule has 29 heavy (non-hydrogen) atoms. The van der Waals surface area contributed by atoms with E-state index in [0.717, 1.165) is 16.9 Å². The fourth-order valence-electron chi connectivity index (χ4n) is 2.62. The van der Waals surface area contributed by atoms with Crippen LogP contribution < -0.4 is 10.2 Å². The van der Waals surface area contributed by atoms with Crippen molar-refractivity contribution in [3.05, 3.63) is 96.2 Å². The number of hydrazone groups is 1. The summed E-state index contributed by atoms with van der Waals surface area (Å²) in [6.45, 7) is 0. The average molecular weight is 380 g/mol. The normalized spacial score (nSPS) is 10.6. The molecule has 6 heteroatoms. The first kappa shape index (κ1) is 18.0. The maximum absolute atomic E-state index is 9.29. The van der Waals surface area contributed by atoms with Gasteiger partial charge in [0.25, 0.3) is 5.88 Å². The van der Waals surface area contributed by atoms with Crippen LogP contribution in [-0.2, 0) is 0 Å². The Morgan fingerprint density at radius 3 is 2.41 bits per heavy atom. The molecule has 1 aromatic heterocycles. The Kier molecular flexibility index (Phi) is 5.31. The van der Waals surface area contributed by atoms with Crippen LogP contribution in [0.3, 0.4) is 0 Å². The lowest BCUT2D eigenvalue weighted by Crippen LogP contribution is -1.92. The molecule has 0 atom stereocenters. The van der Waals surface area contributed by atoms with Crippen LogP contribution in [0.4, 0.5) is 5.88 Å². The lowest BCUT2D eigenvalue weighted by atomic mass is 10.2. The molecule has 4 aromatic rings. The van der Waals surface area contributed by atoms with Gasteiger partial charge in [0.1, 0.15) is 17.6 Å². The van der Waals surface area contributed by atoms with E-state index in [1.54, 1.807) is 6.21 Å². The second-order valence-corrected chi connectivity index (χ2v) is 6.03. The number of rotatable bonds is 6. The number of para-hydroxylation sites is 1. The third-order valence-corrected chi connectivity index (χ3v) is 3.97. The fourth-order valence-corrected chi connectivity index (χ4v) is 2.62. The van der Waals surface area contributed by atoms with E-state index < -0.39 is 0 Å². The summed E-state index contributed by atoms with van der Waals surface area (Å²) in [5.74, 6) is 2.01. The minimum atomic E-state index is 0.141. The largest absolute Gasteiger partial charge is 0.457 e. The zero-order valence-corrected chi connectivity index (χ0v) is 15.3. The van der Waals surface area contributed by atoms with Crippen LogP contribution >= 0.6 is 0 Å². The topological polar surface area (TPSA) is 83.4 Å². The van der Waals surface area contributed by atoms with E-state index in [1.807, 2.05) is 91.0 Å². The third-order valence-electron chi connectivity index (χ3n) is 3.97. The zero-order chi connectivity index (χ0) is 19.9. The fraction of sp³-hybridized carbons (Fsp3) is 0. The lowest BCUT2D eigenvalue weighted by Gasteiger charge is -2.05. The van der Waals surface area contributed by atoms with E-state index in [4.69, 9.17) is 9.15 Å². The quantitative estimate of drug-likeness (QED) is 0.355. The van der Waals surface area contributed by atoms with Gasteiger partial charge in [-0.2, -0.15) is 15.3 Å². The van der Waals surface area contributed by atoms with Crippen molar-refractivity contribution in [3.8, 4) is 29.0 Å². The molecule has 1 heterocycles. The highest BCUT2D eigenvalue weighted by Gasteiger charge is 2.13. The highest BCUT2D eigenvalue weighted by molar-refractivity contribution is 5.80. The first-order chi connectivity index (χ1) is 14.3. The first-order valence-electron chi connectivity index (χ1n) is 8.90. The van der Waals surface area contributed by atoms with E-state index in [9.17, 15) is 5.26 Å². The summed E-state index contributed by atoms with van der Waals surface area (Å²) in [5.41, 5.74) is 4.50. The molecule has 0 fully saturated rings. The standard InChI is InChI=1S/C23H16N4O2/c24-15-21-23(29-22(26-21)18-9-3-1-4-10-18)27-25-16-17-8-7-13-20(14-17)28-19-11-5-2-6-12-19/h1-14,16,27H. The highest BCUT2D eigenvalue weighted by Crippen LogP contribution is 2.25. The summed E-state index contributed by atoms with van der Waals surface area (Å²) < 4.78 is 11.5. The van der Waals surface area contributed by atoms with Gasteiger partial charge in [0.15, 0.2) is 0 Å². The van der Waals surface area contributed by atoms with Crippen LogP contribution in [0.5, 0.6) is 11.5 Å². The summed E-state index contributed by atoms with van der Waals surface area (Å²) in [4.78, 5) is 4.20. The van der Waals surface area contributed by atoms with Crippen LogP contribution in [-0.4, -0.2) is 11.2 Å². The van der Waals surface area contributed by atoms with Crippen molar-refractivity contribution in [2.24, 2.45) is 5.10 Å². The summed E-state index contributed by atoms with van der Waals surface area (Å²) in [6, 6.07) is 28.4. The van der Waals surface area contributed by atoms with Gasteiger partial charge in [0.2, 0.25) is 11.6 Å². The maximum atomic E-state index is 9.29. The van der Waals surface area contributed by atoms with Crippen LogP contribution in [0.15, 0.2) is 94.4 Å². The Morgan fingerprint density at radius 1 is 0.931 bits per heavy atom. The summed E-state index contributed by atoms with van der Waals surface area (Å²) in [7, 11) is 0. The van der Waals surface area contributed by atoms with Gasteiger partial charge in [-0.3, -0.25) is 0 Å². The summed E-state index contributed by atoms with van der Waals surface area (Å²) in [5, 5.41) is 13.5. The molecule has 4 rings (SSSR count). The Morgan fingerprint density at radius 2 is 1.66 bits per heavy atom. The molecular weight excluding hydrogens is 364 g/mol. The molecule has 0 bridgehead atoms. The van der Waals surface area contributed by atoms with Crippen molar-refractivity contribution in [2.75, 3.05) is 5.43 Å². The van der Waals surface area contributed by atoms with Gasteiger partial charge in [-0.15, -0.1) is 0 Å². The number of aromatic nitrogens is 1. The predicted octanol–water partition coefficient (Wildman–Crippen LogP) is 5.45. The van der Waals surface area contributed by atoms with Crippen molar-refractivity contribution in [1.29, 1.82) is 5.26 Å². The van der Waals surface area contributed by atoms with Crippen LogP contribution in [0.2, 0.25) is 0 Å². The minimum absolute atomic E-state index is 0.141. The number of hydrogen-bond acceptors (Lipinski definition) is 6. The number of nitrogens with zero attached hydrogens (tertiary/aromatic N) is 3. The van der Waals surface area contributed by atoms with Crippen LogP contribution in [0, 0.1) is 11.3 Å². The van der Waals surface area contributed by atoms with Crippen LogP contribution in [0.25, 0.3) is 11.5 Å². The van der Waals surface area contributed by atoms with E-state index in [2.05, 4.69) is 15.5 Å². The first-order valence-corrected chi connectivity index (χ1v) is 8.90. The Balaban J connectivity index is 1.47. The molecule has 0 spiro atoms. The van der Waals surface area contributed by atoms with Gasteiger partial charge >= 0.3 is 0 Å². The molecule has 1 N–H and O–H groups in total. The molecule has 0 aliphatic heterocycles. The van der Waals surface area contributed by atoms with Gasteiger partial charge in [-0.05, 0) is 42.0 Å². The van der Waals surface area contributed by atoms with Crippen molar-refractivity contribution in [2.45, 2.75) is 0 Å². The van der Waals surface area contributed by atoms with Gasteiger partial charge in [0.05, 0.1) is 6.21 Å². The second-order valence-electron chi connectivity index (χ2n) is 6.03. The van der Waals surface area contributed by atoms with Gasteiger partial charge in [-0.25, -0.2) is 5.43 Å². The Labute approximate surface area is 167 Å². The monoisotopic (exact) mass is 380 g/mol. The minimum Gasteiger partial charge on any atom is -0.457 e. The molecule has 0 saturated carbocycles. The SMILES string of the molecule is N#Cc1nc(-c2ccccc2)oc1NN=Cc1cccc(Oc2ccccc2)c1. The summed E-state index contributed by atoms with van der Waals surface area (Å²) >= 11 is 0. The van der Waals surface area contributed by atoms with Gasteiger partial charge < -0.3 is 9.15 Å². The number of hydrogen-bond donors (Lipinski definition) is 1. The van der Waals surface area contributed by atoms with E-state index in [1.165, 1.54) is 0 Å². The van der Waals surface area contributed by atoms with E-state index in [-0.39, 0.29) is 11.6 Å².